The van der Waals surface area contributed by atoms with Gasteiger partial charge in [0, 0.05) is 24.4 Å². The van der Waals surface area contributed by atoms with Crippen LogP contribution in [0, 0.1) is 11.7 Å². The molecule has 31 heavy (non-hydrogen) atoms. The van der Waals surface area contributed by atoms with Crippen molar-refractivity contribution in [1.82, 2.24) is 14.9 Å². The monoisotopic (exact) mass is 427 g/mol. The van der Waals surface area contributed by atoms with Gasteiger partial charge in [-0.05, 0) is 80.5 Å². The molecule has 1 aromatic heterocycles. The first kappa shape index (κ1) is 17.3. The van der Waals surface area contributed by atoms with Crippen LogP contribution in [0.5, 0.6) is 0 Å². The highest BCUT2D eigenvalue weighted by Gasteiger charge is 2.43. The summed E-state index contributed by atoms with van der Waals surface area (Å²) in [7, 11) is 1.92. The first-order valence-electron chi connectivity index (χ1n) is 13.0. The molecule has 0 saturated carbocycles. The van der Waals surface area contributed by atoms with E-state index in [0.29, 0.717) is 12.1 Å². The number of hydrogen-bond acceptors (Lipinski definition) is 3. The van der Waals surface area contributed by atoms with Crippen LogP contribution in [-0.2, 0) is 12.8 Å². The van der Waals surface area contributed by atoms with Gasteiger partial charge in [0.1, 0.15) is 11.6 Å². The second kappa shape index (κ2) is 9.09. The van der Waals surface area contributed by atoms with Crippen molar-refractivity contribution in [3.63, 3.8) is 0 Å². The molecule has 1 heterocycles. The summed E-state index contributed by atoms with van der Waals surface area (Å²) < 4.78 is 48.6. The summed E-state index contributed by atoms with van der Waals surface area (Å²) in [6.45, 7) is 4.89. The van der Waals surface area contributed by atoms with Crippen LogP contribution in [0.25, 0.3) is 11.0 Å². The molecule has 2 aromatic carbocycles. The molecule has 0 saturated heterocycles. The molecule has 0 fully saturated rings. The molecule has 5 heteroatoms. The van der Waals surface area contributed by atoms with Crippen molar-refractivity contribution in [2.24, 2.45) is 5.92 Å². The van der Waals surface area contributed by atoms with Gasteiger partial charge < -0.3 is 15.0 Å². The molecule has 4 nitrogen and oxygen atoms in total. The first-order chi connectivity index (χ1) is 16.4. The maximum absolute atomic E-state index is 14.0. The summed E-state index contributed by atoms with van der Waals surface area (Å²) in [4.78, 5) is 9.95. The molecule has 1 aliphatic carbocycles. The highest BCUT2D eigenvalue weighted by molar-refractivity contribution is 5.74. The van der Waals surface area contributed by atoms with E-state index in [2.05, 4.69) is 9.97 Å². The van der Waals surface area contributed by atoms with Crippen LogP contribution in [0.1, 0.15) is 61.4 Å². The van der Waals surface area contributed by atoms with Crippen molar-refractivity contribution in [3.8, 4) is 0 Å². The lowest BCUT2D eigenvalue weighted by Gasteiger charge is -2.44. The van der Waals surface area contributed by atoms with Gasteiger partial charge in [-0.15, -0.1) is 0 Å². The molecule has 0 bridgehead atoms. The maximum Gasteiger partial charge on any atom is 0.123 e. The molecule has 166 valence electrons. The third-order valence-corrected chi connectivity index (χ3v) is 6.21. The minimum Gasteiger partial charge on any atom is -0.389 e. The zero-order valence-electron chi connectivity index (χ0n) is 22.5. The predicted octanol–water partition coefficient (Wildman–Crippen LogP) is 5.07. The van der Waals surface area contributed by atoms with Gasteiger partial charge >= 0.3 is 0 Å². The lowest BCUT2D eigenvalue weighted by atomic mass is 9.66. The van der Waals surface area contributed by atoms with Gasteiger partial charge in [0.05, 0.1) is 16.6 Å². The Morgan fingerprint density at radius 3 is 2.87 bits per heavy atom. The molecule has 0 amide bonds. The number of aryl methyl sites for hydroxylation is 2. The van der Waals surface area contributed by atoms with Gasteiger partial charge in [0.25, 0.3) is 0 Å². The van der Waals surface area contributed by atoms with Crippen LogP contribution >= 0.6 is 0 Å². The fourth-order valence-electron chi connectivity index (χ4n) is 4.66. The Balaban J connectivity index is 1.48. The standard InChI is InChI=1S/C26H34FN3O/c1-18(2)25-21-11-10-20(27)17-19(21)12-13-26(25,31)14-16-30(3)15-6-9-24-28-22-7-4-5-8-23(22)29-24/h4-5,7-8,10-11,17-18,25,31H,6,9,12-16H2,1-3H3,(H,28,29)/t25-,26+/m0/s1/i12D2,13D2. The third kappa shape index (κ3) is 4.83. The number of benzene rings is 2. The lowest BCUT2D eigenvalue weighted by molar-refractivity contribution is -0.0301. The number of nitrogens with zero attached hydrogens (tertiary/aromatic N) is 2. The summed E-state index contributed by atoms with van der Waals surface area (Å²) >= 11 is 0. The quantitative estimate of drug-likeness (QED) is 0.527. The van der Waals surface area contributed by atoms with E-state index in [1.807, 2.05) is 50.1 Å². The normalized spacial score (nSPS) is 26.4. The first-order valence-corrected chi connectivity index (χ1v) is 11.0. The topological polar surface area (TPSA) is 52.1 Å². The van der Waals surface area contributed by atoms with Gasteiger partial charge in [-0.2, -0.15) is 0 Å². The smallest absolute Gasteiger partial charge is 0.123 e. The number of aromatic nitrogens is 2. The number of H-pyrrole nitrogens is 1. The third-order valence-electron chi connectivity index (χ3n) is 6.21. The number of aliphatic hydroxyl groups is 1. The second-order valence-corrected chi connectivity index (χ2v) is 8.98. The Hall–Kier alpha value is -2.24. The fourth-order valence-corrected chi connectivity index (χ4v) is 4.66. The lowest BCUT2D eigenvalue weighted by Crippen LogP contribution is -2.45. The summed E-state index contributed by atoms with van der Waals surface area (Å²) in [6, 6.07) is 11.7. The zero-order chi connectivity index (χ0) is 25.6. The number of fused-ring (bicyclic) bond motifs is 2. The number of rotatable bonds is 8. The van der Waals surface area contributed by atoms with Crippen molar-refractivity contribution < 1.29 is 15.0 Å². The molecular weight excluding hydrogens is 389 g/mol. The summed E-state index contributed by atoms with van der Waals surface area (Å²) in [5, 5.41) is 11.9. The number of para-hydroxylation sites is 2. The molecule has 1 aliphatic rings. The van der Waals surface area contributed by atoms with Crippen LogP contribution in [0.3, 0.4) is 0 Å². The van der Waals surface area contributed by atoms with Gasteiger partial charge in [-0.3, -0.25) is 0 Å². The zero-order valence-corrected chi connectivity index (χ0v) is 18.5. The second-order valence-electron chi connectivity index (χ2n) is 8.98. The molecule has 0 aliphatic heterocycles. The Bertz CT molecular complexity index is 1170. The van der Waals surface area contributed by atoms with Crippen LogP contribution in [-0.4, -0.2) is 45.7 Å². The van der Waals surface area contributed by atoms with Crippen molar-refractivity contribution >= 4 is 11.0 Å². The SMILES string of the molecule is [2H]C1([2H])c2cc(F)ccc2[C@H](C(C)C)[C@](O)(CCN(C)CCCc2nc3ccccc3[nH]2)C1([2H])[2H]. The summed E-state index contributed by atoms with van der Waals surface area (Å²) in [6.07, 6.45) is -3.49. The highest BCUT2D eigenvalue weighted by atomic mass is 19.1. The molecule has 4 rings (SSSR count). The number of aromatic amines is 1. The minimum atomic E-state index is -2.61. The number of halogens is 1. The maximum atomic E-state index is 14.0. The summed E-state index contributed by atoms with van der Waals surface area (Å²) in [5.41, 5.74) is 0.461. The van der Waals surface area contributed by atoms with Crippen LogP contribution < -0.4 is 0 Å². The van der Waals surface area contributed by atoms with Crippen LogP contribution in [0.15, 0.2) is 42.5 Å². The van der Waals surface area contributed by atoms with Gasteiger partial charge in [-0.1, -0.05) is 32.0 Å². The van der Waals surface area contributed by atoms with E-state index in [-0.39, 0.29) is 17.9 Å². The van der Waals surface area contributed by atoms with Crippen LogP contribution in [0.2, 0.25) is 0 Å². The molecule has 0 radical (unpaired) electrons. The molecule has 2 atom stereocenters. The van der Waals surface area contributed by atoms with Crippen molar-refractivity contribution in [1.29, 1.82) is 0 Å². The molecular formula is C26H34FN3O. The van der Waals surface area contributed by atoms with Gasteiger partial charge in [-0.25, -0.2) is 9.37 Å². The van der Waals surface area contributed by atoms with E-state index >= 15 is 0 Å². The van der Waals surface area contributed by atoms with E-state index in [1.54, 1.807) is 0 Å². The van der Waals surface area contributed by atoms with Crippen molar-refractivity contribution in [2.45, 2.75) is 57.4 Å². The Morgan fingerprint density at radius 1 is 1.29 bits per heavy atom. The Morgan fingerprint density at radius 2 is 2.10 bits per heavy atom. The Kier molecular flexibility index (Phi) is 5.08. The van der Waals surface area contributed by atoms with Crippen molar-refractivity contribution in [3.05, 3.63) is 65.2 Å². The van der Waals surface area contributed by atoms with Gasteiger partial charge in [0.2, 0.25) is 0 Å². The highest BCUT2D eigenvalue weighted by Crippen LogP contribution is 2.45. The average Bonchev–Trinajstić information content (AvgIpc) is 3.20. The average molecular weight is 428 g/mol. The largest absolute Gasteiger partial charge is 0.389 e. The van der Waals surface area contributed by atoms with Crippen LogP contribution in [0.4, 0.5) is 4.39 Å². The van der Waals surface area contributed by atoms with Crippen molar-refractivity contribution in [2.75, 3.05) is 20.1 Å². The number of imidazole rings is 1. The van der Waals surface area contributed by atoms with E-state index in [0.717, 1.165) is 42.3 Å². The van der Waals surface area contributed by atoms with E-state index in [9.17, 15) is 9.50 Å². The molecule has 0 unspecified atom stereocenters. The predicted molar refractivity (Wildman–Crippen MR) is 124 cm³/mol. The molecule has 3 aromatic rings. The minimum absolute atomic E-state index is 0.00920. The Labute approximate surface area is 190 Å². The molecule has 0 spiro atoms. The molecule has 2 N–H and O–H groups in total. The van der Waals surface area contributed by atoms with E-state index in [4.69, 9.17) is 5.48 Å². The summed E-state index contributed by atoms with van der Waals surface area (Å²) in [5.74, 6) is -0.533. The number of hydrogen-bond donors (Lipinski definition) is 2. The van der Waals surface area contributed by atoms with E-state index in [1.165, 1.54) is 12.1 Å². The van der Waals surface area contributed by atoms with E-state index < -0.39 is 30.1 Å². The van der Waals surface area contributed by atoms with Gasteiger partial charge in [0.15, 0.2) is 0 Å². The number of nitrogens with one attached hydrogen (secondary N) is 1. The fraction of sp³-hybridized carbons (Fsp3) is 0.500.